The van der Waals surface area contributed by atoms with Gasteiger partial charge in [0.05, 0.1) is 11.7 Å². The van der Waals surface area contributed by atoms with Crippen molar-refractivity contribution < 1.29 is 21.5 Å². The van der Waals surface area contributed by atoms with E-state index in [1.807, 2.05) is 0 Å². The maximum atomic E-state index is 13.1. The second-order valence-electron chi connectivity index (χ2n) is 6.58. The van der Waals surface area contributed by atoms with Gasteiger partial charge in [-0.3, -0.25) is 0 Å². The Hall–Kier alpha value is -2.52. The third-order valence-electron chi connectivity index (χ3n) is 4.93. The molecule has 0 bridgehead atoms. The SMILES string of the molecule is O=S(=O)(c1cccc2nonc12)N1CCN(S(=O)(=O)c2cccc3nsnc23)CC1. The number of aromatic nitrogens is 4. The van der Waals surface area contributed by atoms with Crippen LogP contribution in [0.5, 0.6) is 0 Å². The molecule has 11 nitrogen and oxygen atoms in total. The van der Waals surface area contributed by atoms with E-state index in [1.54, 1.807) is 24.3 Å². The summed E-state index contributed by atoms with van der Waals surface area (Å²) in [7, 11) is -7.73. The molecule has 0 spiro atoms. The van der Waals surface area contributed by atoms with Gasteiger partial charge < -0.3 is 0 Å². The topological polar surface area (TPSA) is 139 Å². The fraction of sp³-hybridized carbons (Fsp3) is 0.250. The largest absolute Gasteiger partial charge is 0.245 e. The second kappa shape index (κ2) is 7.02. The van der Waals surface area contributed by atoms with Crippen LogP contribution in [0.3, 0.4) is 0 Å². The zero-order valence-corrected chi connectivity index (χ0v) is 17.7. The van der Waals surface area contributed by atoms with Crippen molar-refractivity contribution in [1.82, 2.24) is 27.7 Å². The normalized spacial score (nSPS) is 17.1. The Labute approximate surface area is 175 Å². The molecule has 1 aliphatic heterocycles. The molecule has 0 saturated carbocycles. The lowest BCUT2D eigenvalue weighted by atomic mass is 10.3. The van der Waals surface area contributed by atoms with E-state index in [0.29, 0.717) is 16.6 Å². The van der Waals surface area contributed by atoms with Crippen LogP contribution in [0.2, 0.25) is 0 Å². The Morgan fingerprint density at radius 3 is 1.93 bits per heavy atom. The van der Waals surface area contributed by atoms with Gasteiger partial charge in [-0.05, 0) is 34.6 Å². The van der Waals surface area contributed by atoms with Crippen molar-refractivity contribution in [2.75, 3.05) is 26.2 Å². The molecule has 156 valence electrons. The van der Waals surface area contributed by atoms with E-state index >= 15 is 0 Å². The summed E-state index contributed by atoms with van der Waals surface area (Å²) in [5.41, 5.74) is 1.32. The van der Waals surface area contributed by atoms with Crippen LogP contribution in [0.15, 0.2) is 50.8 Å². The van der Waals surface area contributed by atoms with Crippen molar-refractivity contribution in [2.24, 2.45) is 0 Å². The lowest BCUT2D eigenvalue weighted by molar-refractivity contribution is 0.273. The van der Waals surface area contributed by atoms with Gasteiger partial charge in [-0.15, -0.1) is 0 Å². The molecule has 30 heavy (non-hydrogen) atoms. The third-order valence-corrected chi connectivity index (χ3v) is 9.33. The minimum Gasteiger partial charge on any atom is -0.243 e. The highest BCUT2D eigenvalue weighted by Gasteiger charge is 2.36. The fourth-order valence-corrected chi connectivity index (χ4v) is 7.14. The second-order valence-corrected chi connectivity index (χ2v) is 10.9. The molecule has 0 atom stereocenters. The first-order valence-electron chi connectivity index (χ1n) is 8.82. The minimum absolute atomic E-state index is 0.00846. The molecule has 4 aromatic rings. The maximum absolute atomic E-state index is 13.1. The monoisotopic (exact) mass is 466 g/mol. The zero-order valence-electron chi connectivity index (χ0n) is 15.2. The maximum Gasteiger partial charge on any atom is 0.245 e. The number of nitrogens with zero attached hydrogens (tertiary/aromatic N) is 6. The number of sulfonamides is 2. The van der Waals surface area contributed by atoms with Crippen LogP contribution < -0.4 is 0 Å². The predicted octanol–water partition coefficient (Wildman–Crippen LogP) is 0.923. The van der Waals surface area contributed by atoms with Crippen molar-refractivity contribution >= 4 is 53.8 Å². The average Bonchev–Trinajstić information content (AvgIpc) is 3.42. The molecule has 0 aliphatic carbocycles. The lowest BCUT2D eigenvalue weighted by Gasteiger charge is -2.33. The zero-order chi connectivity index (χ0) is 20.9. The number of piperazine rings is 1. The van der Waals surface area contributed by atoms with E-state index in [0.717, 1.165) is 11.7 Å². The van der Waals surface area contributed by atoms with E-state index < -0.39 is 20.0 Å². The van der Waals surface area contributed by atoms with Crippen molar-refractivity contribution in [2.45, 2.75) is 9.79 Å². The van der Waals surface area contributed by atoms with Gasteiger partial charge in [0.1, 0.15) is 26.3 Å². The Kier molecular flexibility index (Phi) is 4.55. The van der Waals surface area contributed by atoms with Crippen LogP contribution >= 0.6 is 11.7 Å². The highest BCUT2D eigenvalue weighted by Crippen LogP contribution is 2.28. The summed E-state index contributed by atoms with van der Waals surface area (Å²) >= 11 is 0.944. The molecule has 0 amide bonds. The van der Waals surface area contributed by atoms with Gasteiger partial charge in [0.2, 0.25) is 20.0 Å². The molecule has 0 N–H and O–H groups in total. The summed E-state index contributed by atoms with van der Waals surface area (Å²) in [6.07, 6.45) is 0. The van der Waals surface area contributed by atoms with Crippen molar-refractivity contribution in [1.29, 1.82) is 0 Å². The van der Waals surface area contributed by atoms with Gasteiger partial charge in [-0.25, -0.2) is 21.5 Å². The molecule has 2 aromatic carbocycles. The highest BCUT2D eigenvalue weighted by atomic mass is 32.2. The minimum atomic E-state index is -3.89. The molecular weight excluding hydrogens is 452 g/mol. The smallest absolute Gasteiger partial charge is 0.243 e. The number of fused-ring (bicyclic) bond motifs is 2. The average molecular weight is 467 g/mol. The van der Waals surface area contributed by atoms with Gasteiger partial charge in [0.15, 0.2) is 5.52 Å². The van der Waals surface area contributed by atoms with Gasteiger partial charge in [-0.2, -0.15) is 17.4 Å². The Morgan fingerprint density at radius 1 is 0.733 bits per heavy atom. The van der Waals surface area contributed by atoms with E-state index in [1.165, 1.54) is 20.7 Å². The van der Waals surface area contributed by atoms with Crippen LogP contribution in [-0.2, 0) is 20.0 Å². The number of hydrogen-bond donors (Lipinski definition) is 0. The van der Waals surface area contributed by atoms with Crippen LogP contribution in [0.4, 0.5) is 0 Å². The van der Waals surface area contributed by atoms with Gasteiger partial charge in [-0.1, -0.05) is 12.1 Å². The molecule has 3 heterocycles. The first kappa shape index (κ1) is 19.4. The van der Waals surface area contributed by atoms with Gasteiger partial charge in [0.25, 0.3) is 0 Å². The van der Waals surface area contributed by atoms with Crippen molar-refractivity contribution in [3.8, 4) is 0 Å². The predicted molar refractivity (Wildman–Crippen MR) is 107 cm³/mol. The summed E-state index contributed by atoms with van der Waals surface area (Å²) in [6, 6.07) is 9.39. The summed E-state index contributed by atoms with van der Waals surface area (Å²) in [6.45, 7) is 0.0498. The van der Waals surface area contributed by atoms with E-state index in [-0.39, 0.29) is 41.5 Å². The Balaban J connectivity index is 1.41. The fourth-order valence-electron chi connectivity index (χ4n) is 3.41. The van der Waals surface area contributed by atoms with Crippen LogP contribution in [-0.4, -0.2) is 70.7 Å². The van der Waals surface area contributed by atoms with Crippen LogP contribution in [0, 0.1) is 0 Å². The standard InChI is InChI=1S/C16H14N6O5S3/c23-29(24,13-5-1-3-11-15(13)18-27-17-11)21-7-9-22(10-8-21)30(25,26)14-6-2-4-12-16(14)20-28-19-12/h1-6H,7-10H2. The van der Waals surface area contributed by atoms with E-state index in [2.05, 4.69) is 23.7 Å². The van der Waals surface area contributed by atoms with E-state index in [9.17, 15) is 16.8 Å². The van der Waals surface area contributed by atoms with Crippen molar-refractivity contribution in [3.05, 3.63) is 36.4 Å². The summed E-state index contributed by atoms with van der Waals surface area (Å²) in [4.78, 5) is 0.0550. The molecule has 1 fully saturated rings. The lowest BCUT2D eigenvalue weighted by Crippen LogP contribution is -2.50. The molecule has 0 radical (unpaired) electrons. The highest BCUT2D eigenvalue weighted by molar-refractivity contribution is 7.89. The number of rotatable bonds is 4. The molecule has 1 aliphatic rings. The molecule has 5 rings (SSSR count). The molecule has 14 heteroatoms. The third kappa shape index (κ3) is 2.99. The summed E-state index contributed by atoms with van der Waals surface area (Å²) < 4.78 is 67.8. The molecule has 0 unspecified atom stereocenters. The van der Waals surface area contributed by atoms with Crippen molar-refractivity contribution in [3.63, 3.8) is 0 Å². The molecule has 1 saturated heterocycles. The first-order valence-corrected chi connectivity index (χ1v) is 12.4. The van der Waals surface area contributed by atoms with Crippen LogP contribution in [0.25, 0.3) is 22.1 Å². The summed E-state index contributed by atoms with van der Waals surface area (Å²) in [5.74, 6) is 0. The van der Waals surface area contributed by atoms with E-state index in [4.69, 9.17) is 0 Å². The first-order chi connectivity index (χ1) is 14.4. The quantitative estimate of drug-likeness (QED) is 0.429. The Bertz CT molecular complexity index is 1340. The summed E-state index contributed by atoms with van der Waals surface area (Å²) in [5, 5.41) is 7.36. The number of hydrogen-bond acceptors (Lipinski definition) is 10. The molecular formula is C16H14N6O5S3. The van der Waals surface area contributed by atoms with Gasteiger partial charge in [0, 0.05) is 26.2 Å². The van der Waals surface area contributed by atoms with Crippen LogP contribution in [0.1, 0.15) is 0 Å². The molecule has 2 aromatic heterocycles. The Morgan fingerprint density at radius 2 is 1.30 bits per heavy atom. The number of benzene rings is 2. The van der Waals surface area contributed by atoms with Gasteiger partial charge >= 0.3 is 0 Å².